The first-order valence-corrected chi connectivity index (χ1v) is 6.77. The van der Waals surface area contributed by atoms with E-state index in [0.717, 1.165) is 22.0 Å². The lowest BCUT2D eigenvalue weighted by molar-refractivity contribution is 1.10. The van der Waals surface area contributed by atoms with Crippen molar-refractivity contribution < 1.29 is 0 Å². The quantitative estimate of drug-likeness (QED) is 0.881. The molecule has 2 rings (SSSR count). The summed E-state index contributed by atoms with van der Waals surface area (Å²) < 4.78 is 0. The van der Waals surface area contributed by atoms with Crippen LogP contribution in [0.1, 0.15) is 5.56 Å². The SMILES string of the molecule is CN(C)c1ccc(Cl)cc1NCc1ccccc1Cl. The van der Waals surface area contributed by atoms with Gasteiger partial charge in [0.25, 0.3) is 0 Å². The molecule has 0 radical (unpaired) electrons. The monoisotopic (exact) mass is 294 g/mol. The molecule has 0 bridgehead atoms. The van der Waals surface area contributed by atoms with E-state index in [1.54, 1.807) is 0 Å². The van der Waals surface area contributed by atoms with E-state index in [0.29, 0.717) is 11.6 Å². The van der Waals surface area contributed by atoms with Gasteiger partial charge in [-0.3, -0.25) is 0 Å². The largest absolute Gasteiger partial charge is 0.379 e. The van der Waals surface area contributed by atoms with E-state index in [1.807, 2.05) is 61.5 Å². The Morgan fingerprint density at radius 1 is 1.05 bits per heavy atom. The fourth-order valence-corrected chi connectivity index (χ4v) is 2.25. The standard InChI is InChI=1S/C15H16Cl2N2/c1-19(2)15-8-7-12(16)9-14(15)18-10-11-5-3-4-6-13(11)17/h3-9,18H,10H2,1-2H3. The first-order chi connectivity index (χ1) is 9.08. The minimum absolute atomic E-state index is 0.668. The minimum Gasteiger partial charge on any atom is -0.379 e. The zero-order chi connectivity index (χ0) is 13.8. The Morgan fingerprint density at radius 3 is 2.47 bits per heavy atom. The molecule has 0 saturated carbocycles. The van der Waals surface area contributed by atoms with E-state index in [1.165, 1.54) is 0 Å². The van der Waals surface area contributed by atoms with Gasteiger partial charge in [0.05, 0.1) is 11.4 Å². The Balaban J connectivity index is 2.19. The number of rotatable bonds is 4. The second-order valence-electron chi connectivity index (χ2n) is 4.50. The van der Waals surface area contributed by atoms with Gasteiger partial charge in [0.15, 0.2) is 0 Å². The van der Waals surface area contributed by atoms with Crippen LogP contribution in [0.5, 0.6) is 0 Å². The van der Waals surface area contributed by atoms with Gasteiger partial charge in [-0.2, -0.15) is 0 Å². The van der Waals surface area contributed by atoms with Crippen molar-refractivity contribution in [3.05, 3.63) is 58.1 Å². The summed E-state index contributed by atoms with van der Waals surface area (Å²) in [5.41, 5.74) is 3.16. The van der Waals surface area contributed by atoms with Gasteiger partial charge >= 0.3 is 0 Å². The first-order valence-electron chi connectivity index (χ1n) is 6.02. The van der Waals surface area contributed by atoms with Crippen molar-refractivity contribution in [2.24, 2.45) is 0 Å². The van der Waals surface area contributed by atoms with Crippen LogP contribution in [0.15, 0.2) is 42.5 Å². The summed E-state index contributed by atoms with van der Waals surface area (Å²) in [6.07, 6.45) is 0. The molecule has 2 aromatic carbocycles. The van der Waals surface area contributed by atoms with Crippen LogP contribution < -0.4 is 10.2 Å². The van der Waals surface area contributed by atoms with Crippen molar-refractivity contribution in [1.29, 1.82) is 0 Å². The second kappa shape index (κ2) is 6.18. The zero-order valence-electron chi connectivity index (χ0n) is 11.0. The van der Waals surface area contributed by atoms with E-state index in [2.05, 4.69) is 5.32 Å². The van der Waals surface area contributed by atoms with Crippen LogP contribution >= 0.6 is 23.2 Å². The van der Waals surface area contributed by atoms with E-state index >= 15 is 0 Å². The lowest BCUT2D eigenvalue weighted by atomic mass is 10.2. The molecule has 0 amide bonds. The molecule has 0 fully saturated rings. The van der Waals surface area contributed by atoms with Crippen molar-refractivity contribution >= 4 is 34.6 Å². The zero-order valence-corrected chi connectivity index (χ0v) is 12.5. The highest BCUT2D eigenvalue weighted by atomic mass is 35.5. The van der Waals surface area contributed by atoms with Crippen molar-refractivity contribution in [3.8, 4) is 0 Å². The topological polar surface area (TPSA) is 15.3 Å². The summed E-state index contributed by atoms with van der Waals surface area (Å²) in [6, 6.07) is 13.6. The Bertz CT molecular complexity index is 568. The average Bonchev–Trinajstić information content (AvgIpc) is 2.37. The molecule has 0 atom stereocenters. The third kappa shape index (κ3) is 3.55. The maximum atomic E-state index is 6.15. The number of hydrogen-bond donors (Lipinski definition) is 1. The van der Waals surface area contributed by atoms with E-state index in [4.69, 9.17) is 23.2 Å². The number of halogens is 2. The van der Waals surface area contributed by atoms with Crippen molar-refractivity contribution in [2.45, 2.75) is 6.54 Å². The van der Waals surface area contributed by atoms with Crippen LogP contribution in [0.3, 0.4) is 0 Å². The van der Waals surface area contributed by atoms with E-state index in [9.17, 15) is 0 Å². The molecule has 19 heavy (non-hydrogen) atoms. The van der Waals surface area contributed by atoms with Gasteiger partial charge in [-0.15, -0.1) is 0 Å². The first kappa shape index (κ1) is 14.0. The summed E-state index contributed by atoms with van der Waals surface area (Å²) in [4.78, 5) is 2.05. The number of nitrogens with zero attached hydrogens (tertiary/aromatic N) is 1. The van der Waals surface area contributed by atoms with Gasteiger partial charge in [-0.1, -0.05) is 41.4 Å². The summed E-state index contributed by atoms with van der Waals surface area (Å²) in [5, 5.41) is 4.86. The fourth-order valence-electron chi connectivity index (χ4n) is 1.87. The third-order valence-corrected chi connectivity index (χ3v) is 3.47. The highest BCUT2D eigenvalue weighted by Gasteiger charge is 2.06. The van der Waals surface area contributed by atoms with Gasteiger partial charge in [-0.05, 0) is 29.8 Å². The van der Waals surface area contributed by atoms with Crippen LogP contribution in [0, 0.1) is 0 Å². The second-order valence-corrected chi connectivity index (χ2v) is 5.34. The van der Waals surface area contributed by atoms with Crippen molar-refractivity contribution in [1.82, 2.24) is 0 Å². The van der Waals surface area contributed by atoms with Gasteiger partial charge in [0.2, 0.25) is 0 Å². The van der Waals surface area contributed by atoms with Crippen LogP contribution in [0.2, 0.25) is 10.0 Å². The molecule has 0 heterocycles. The lowest BCUT2D eigenvalue weighted by Crippen LogP contribution is -2.12. The summed E-state index contributed by atoms with van der Waals surface area (Å²) in [6.45, 7) is 0.668. The molecule has 1 N–H and O–H groups in total. The van der Waals surface area contributed by atoms with E-state index < -0.39 is 0 Å². The maximum Gasteiger partial charge on any atom is 0.0597 e. The molecule has 0 saturated heterocycles. The third-order valence-electron chi connectivity index (χ3n) is 2.87. The Kier molecular flexibility index (Phi) is 4.56. The van der Waals surface area contributed by atoms with Crippen molar-refractivity contribution in [2.75, 3.05) is 24.3 Å². The average molecular weight is 295 g/mol. The van der Waals surface area contributed by atoms with Gasteiger partial charge in [0.1, 0.15) is 0 Å². The van der Waals surface area contributed by atoms with Crippen LogP contribution in [-0.2, 0) is 6.54 Å². The van der Waals surface area contributed by atoms with Crippen LogP contribution in [-0.4, -0.2) is 14.1 Å². The lowest BCUT2D eigenvalue weighted by Gasteiger charge is -2.19. The highest BCUT2D eigenvalue weighted by Crippen LogP contribution is 2.28. The molecule has 0 aromatic heterocycles. The van der Waals surface area contributed by atoms with Gasteiger partial charge in [-0.25, -0.2) is 0 Å². The smallest absolute Gasteiger partial charge is 0.0597 e. The number of anilines is 2. The van der Waals surface area contributed by atoms with Gasteiger partial charge < -0.3 is 10.2 Å². The minimum atomic E-state index is 0.668. The van der Waals surface area contributed by atoms with Crippen LogP contribution in [0.25, 0.3) is 0 Å². The predicted molar refractivity (Wildman–Crippen MR) is 84.6 cm³/mol. The number of benzene rings is 2. The molecule has 0 spiro atoms. The Labute approximate surface area is 123 Å². The Morgan fingerprint density at radius 2 is 1.79 bits per heavy atom. The molecule has 0 aliphatic heterocycles. The molecule has 0 aliphatic carbocycles. The number of nitrogens with one attached hydrogen (secondary N) is 1. The van der Waals surface area contributed by atoms with Crippen molar-refractivity contribution in [3.63, 3.8) is 0 Å². The highest BCUT2D eigenvalue weighted by molar-refractivity contribution is 6.31. The molecule has 0 aliphatic rings. The summed E-state index contributed by atoms with van der Waals surface area (Å²) >= 11 is 12.2. The molecule has 2 nitrogen and oxygen atoms in total. The molecule has 2 aromatic rings. The van der Waals surface area contributed by atoms with Crippen LogP contribution in [0.4, 0.5) is 11.4 Å². The molecular weight excluding hydrogens is 279 g/mol. The Hall–Kier alpha value is -1.38. The molecular formula is C15H16Cl2N2. The van der Waals surface area contributed by atoms with E-state index in [-0.39, 0.29) is 0 Å². The molecule has 100 valence electrons. The maximum absolute atomic E-state index is 6.15. The summed E-state index contributed by atoms with van der Waals surface area (Å²) in [5.74, 6) is 0. The molecule has 0 unspecified atom stereocenters. The molecule has 4 heteroatoms. The number of hydrogen-bond acceptors (Lipinski definition) is 2. The summed E-state index contributed by atoms with van der Waals surface area (Å²) in [7, 11) is 4.01. The van der Waals surface area contributed by atoms with Gasteiger partial charge in [0, 0.05) is 30.7 Å². The normalized spacial score (nSPS) is 10.3. The predicted octanol–water partition coefficient (Wildman–Crippen LogP) is 4.67. The fraction of sp³-hybridized carbons (Fsp3) is 0.200.